The molecule has 1 amide bonds. The second kappa shape index (κ2) is 4.70. The lowest BCUT2D eigenvalue weighted by molar-refractivity contribution is -0.120. The molecule has 0 aromatic carbocycles. The Bertz CT molecular complexity index is 333. The largest absolute Gasteiger partial charge is 0.349 e. The molecule has 1 rings (SSSR count). The van der Waals surface area contributed by atoms with Crippen molar-refractivity contribution in [3.8, 4) is 0 Å². The van der Waals surface area contributed by atoms with Crippen molar-refractivity contribution in [1.29, 1.82) is 0 Å². The van der Waals surface area contributed by atoms with Gasteiger partial charge in [-0.2, -0.15) is 0 Å². The van der Waals surface area contributed by atoms with Crippen LogP contribution in [-0.2, 0) is 14.6 Å². The summed E-state index contributed by atoms with van der Waals surface area (Å²) in [7, 11) is -3.26. The van der Waals surface area contributed by atoms with Crippen molar-refractivity contribution in [2.75, 3.05) is 17.9 Å². The standard InChI is InChI=1S/C9H16ClNO3S/c1-15(13,14)6-8(12)11-9(7-10)4-2-3-5-9/h2-7H2,1H3,(H,11,12). The SMILES string of the molecule is CS(=O)(=O)CC(=O)NC1(CCl)CCCC1. The van der Waals surface area contributed by atoms with Crippen LogP contribution in [0.15, 0.2) is 0 Å². The van der Waals surface area contributed by atoms with Gasteiger partial charge in [0.2, 0.25) is 5.91 Å². The molecule has 0 aromatic heterocycles. The number of carbonyl (C=O) groups is 1. The number of hydrogen-bond acceptors (Lipinski definition) is 3. The molecule has 6 heteroatoms. The molecule has 0 atom stereocenters. The van der Waals surface area contributed by atoms with E-state index in [1.165, 1.54) is 0 Å². The maximum Gasteiger partial charge on any atom is 0.235 e. The van der Waals surface area contributed by atoms with Gasteiger partial charge < -0.3 is 5.32 Å². The third-order valence-electron chi connectivity index (χ3n) is 2.61. The fourth-order valence-corrected chi connectivity index (χ4v) is 2.80. The lowest BCUT2D eigenvalue weighted by atomic mass is 10.0. The Morgan fingerprint density at radius 2 is 1.93 bits per heavy atom. The normalized spacial score (nSPS) is 20.1. The molecule has 1 aliphatic rings. The molecule has 15 heavy (non-hydrogen) atoms. The smallest absolute Gasteiger partial charge is 0.235 e. The third-order valence-corrected chi connectivity index (χ3v) is 3.91. The van der Waals surface area contributed by atoms with E-state index in [4.69, 9.17) is 11.6 Å². The Balaban J connectivity index is 2.56. The van der Waals surface area contributed by atoms with E-state index in [0.717, 1.165) is 31.9 Å². The molecule has 0 radical (unpaired) electrons. The predicted molar refractivity (Wildman–Crippen MR) is 59.8 cm³/mol. The summed E-state index contributed by atoms with van der Waals surface area (Å²) in [6.45, 7) is 0. The fourth-order valence-electron chi connectivity index (χ4n) is 1.91. The molecule has 0 unspecified atom stereocenters. The number of carbonyl (C=O) groups excluding carboxylic acids is 1. The topological polar surface area (TPSA) is 63.2 Å². The number of sulfone groups is 1. The number of amides is 1. The van der Waals surface area contributed by atoms with Crippen molar-refractivity contribution in [1.82, 2.24) is 5.32 Å². The monoisotopic (exact) mass is 253 g/mol. The van der Waals surface area contributed by atoms with Gasteiger partial charge in [-0.15, -0.1) is 11.6 Å². The zero-order chi connectivity index (χ0) is 11.5. The number of rotatable bonds is 4. The van der Waals surface area contributed by atoms with Crippen LogP contribution in [-0.4, -0.2) is 37.8 Å². The average Bonchev–Trinajstić information content (AvgIpc) is 2.50. The van der Waals surface area contributed by atoms with Gasteiger partial charge >= 0.3 is 0 Å². The minimum Gasteiger partial charge on any atom is -0.349 e. The van der Waals surface area contributed by atoms with Crippen LogP contribution in [0.5, 0.6) is 0 Å². The van der Waals surface area contributed by atoms with Gasteiger partial charge in [0, 0.05) is 12.1 Å². The fraction of sp³-hybridized carbons (Fsp3) is 0.889. The Kier molecular flexibility index (Phi) is 4.00. The first kappa shape index (κ1) is 12.8. The predicted octanol–water partition coefficient (Wildman–Crippen LogP) is 0.699. The molecule has 4 nitrogen and oxygen atoms in total. The van der Waals surface area contributed by atoms with Crippen LogP contribution in [0, 0.1) is 0 Å². The van der Waals surface area contributed by atoms with Gasteiger partial charge in [-0.25, -0.2) is 8.42 Å². The lowest BCUT2D eigenvalue weighted by Gasteiger charge is -2.27. The minimum atomic E-state index is -3.26. The molecule has 0 heterocycles. The molecule has 1 aliphatic carbocycles. The van der Waals surface area contributed by atoms with Gasteiger partial charge in [0.25, 0.3) is 0 Å². The molecular formula is C9H16ClNO3S. The second-order valence-electron chi connectivity index (χ2n) is 4.24. The van der Waals surface area contributed by atoms with Crippen molar-refractivity contribution in [2.24, 2.45) is 0 Å². The summed E-state index contributed by atoms with van der Waals surface area (Å²) in [6.07, 6.45) is 4.80. The number of hydrogen-bond donors (Lipinski definition) is 1. The summed E-state index contributed by atoms with van der Waals surface area (Å²) in [5, 5.41) is 2.75. The second-order valence-corrected chi connectivity index (χ2v) is 6.65. The van der Waals surface area contributed by atoms with E-state index in [1.54, 1.807) is 0 Å². The summed E-state index contributed by atoms with van der Waals surface area (Å²) in [5.41, 5.74) is -0.372. The van der Waals surface area contributed by atoms with Gasteiger partial charge in [0.05, 0.1) is 5.54 Å². The van der Waals surface area contributed by atoms with E-state index < -0.39 is 21.5 Å². The van der Waals surface area contributed by atoms with Crippen molar-refractivity contribution in [3.63, 3.8) is 0 Å². The first-order valence-corrected chi connectivity index (χ1v) is 7.51. The quantitative estimate of drug-likeness (QED) is 0.751. The van der Waals surface area contributed by atoms with E-state index in [0.29, 0.717) is 5.88 Å². The highest BCUT2D eigenvalue weighted by atomic mass is 35.5. The van der Waals surface area contributed by atoms with Gasteiger partial charge in [0.15, 0.2) is 9.84 Å². The maximum atomic E-state index is 11.4. The Labute approximate surface area is 95.3 Å². The summed E-state index contributed by atoms with van der Waals surface area (Å²) in [4.78, 5) is 11.4. The van der Waals surface area contributed by atoms with Crippen molar-refractivity contribution in [3.05, 3.63) is 0 Å². The molecule has 0 bridgehead atoms. The molecule has 1 saturated carbocycles. The van der Waals surface area contributed by atoms with Gasteiger partial charge in [-0.05, 0) is 12.8 Å². The van der Waals surface area contributed by atoms with Crippen LogP contribution in [0.4, 0.5) is 0 Å². The van der Waals surface area contributed by atoms with E-state index >= 15 is 0 Å². The number of alkyl halides is 1. The lowest BCUT2D eigenvalue weighted by Crippen LogP contribution is -2.49. The Hall–Kier alpha value is -0.290. The van der Waals surface area contributed by atoms with E-state index in [9.17, 15) is 13.2 Å². The molecular weight excluding hydrogens is 238 g/mol. The van der Waals surface area contributed by atoms with Crippen LogP contribution in [0.25, 0.3) is 0 Å². The highest BCUT2D eigenvalue weighted by Crippen LogP contribution is 2.30. The van der Waals surface area contributed by atoms with E-state index in [-0.39, 0.29) is 5.54 Å². The Morgan fingerprint density at radius 1 is 1.40 bits per heavy atom. The first-order valence-electron chi connectivity index (χ1n) is 4.92. The van der Waals surface area contributed by atoms with Crippen LogP contribution >= 0.6 is 11.6 Å². The van der Waals surface area contributed by atoms with Gasteiger partial charge in [-0.1, -0.05) is 12.8 Å². The Morgan fingerprint density at radius 3 is 2.33 bits per heavy atom. The maximum absolute atomic E-state index is 11.4. The zero-order valence-electron chi connectivity index (χ0n) is 8.75. The highest BCUT2D eigenvalue weighted by molar-refractivity contribution is 7.91. The molecule has 1 fully saturated rings. The van der Waals surface area contributed by atoms with Crippen molar-refractivity contribution in [2.45, 2.75) is 31.2 Å². The van der Waals surface area contributed by atoms with Crippen LogP contribution in [0.3, 0.4) is 0 Å². The highest BCUT2D eigenvalue weighted by Gasteiger charge is 2.34. The van der Waals surface area contributed by atoms with Gasteiger partial charge in [-0.3, -0.25) is 4.79 Å². The third kappa shape index (κ3) is 3.99. The molecule has 1 N–H and O–H groups in total. The minimum absolute atomic E-state index is 0.350. The number of nitrogens with one attached hydrogen (secondary N) is 1. The van der Waals surface area contributed by atoms with E-state index in [1.807, 2.05) is 0 Å². The molecule has 0 aliphatic heterocycles. The summed E-state index contributed by atoms with van der Waals surface area (Å²) < 4.78 is 21.8. The van der Waals surface area contributed by atoms with Gasteiger partial charge in [0.1, 0.15) is 5.75 Å². The summed E-state index contributed by atoms with van der Waals surface area (Å²) >= 11 is 5.82. The molecule has 88 valence electrons. The summed E-state index contributed by atoms with van der Waals surface area (Å²) in [6, 6.07) is 0. The van der Waals surface area contributed by atoms with E-state index in [2.05, 4.69) is 5.32 Å². The van der Waals surface area contributed by atoms with Crippen LogP contribution in [0.2, 0.25) is 0 Å². The molecule has 0 aromatic rings. The molecule has 0 spiro atoms. The zero-order valence-corrected chi connectivity index (χ0v) is 10.3. The van der Waals surface area contributed by atoms with Crippen LogP contribution in [0.1, 0.15) is 25.7 Å². The van der Waals surface area contributed by atoms with Crippen molar-refractivity contribution >= 4 is 27.3 Å². The summed E-state index contributed by atoms with van der Waals surface area (Å²) in [5.74, 6) is -0.547. The molecule has 0 saturated heterocycles. The average molecular weight is 254 g/mol. The van der Waals surface area contributed by atoms with Crippen LogP contribution < -0.4 is 5.32 Å². The van der Waals surface area contributed by atoms with Crippen molar-refractivity contribution < 1.29 is 13.2 Å². The number of halogens is 1. The first-order chi connectivity index (χ1) is 6.87.